The smallest absolute Gasteiger partial charge is 0.250 e. The zero-order chi connectivity index (χ0) is 12.2. The second-order valence-corrected chi connectivity index (χ2v) is 7.48. The van der Waals surface area contributed by atoms with Crippen molar-refractivity contribution in [1.82, 2.24) is 4.72 Å². The highest BCUT2D eigenvalue weighted by atomic mass is 79.9. The Bertz CT molecular complexity index is 469. The number of carbonyl (C=O) groups excluding carboxylic acids is 1. The molecule has 3 N–H and O–H groups in total. The summed E-state index contributed by atoms with van der Waals surface area (Å²) in [4.78, 5) is 10.4. The second kappa shape index (κ2) is 5.76. The molecule has 0 saturated heterocycles. The van der Waals surface area contributed by atoms with Crippen molar-refractivity contribution < 1.29 is 13.2 Å². The first-order valence-electron chi connectivity index (χ1n) is 4.45. The summed E-state index contributed by atoms with van der Waals surface area (Å²) in [7, 11) is -3.45. The molecule has 1 amide bonds. The number of hydrogen-bond acceptors (Lipinski definition) is 4. The van der Waals surface area contributed by atoms with Crippen molar-refractivity contribution in [2.75, 3.05) is 6.54 Å². The quantitative estimate of drug-likeness (QED) is 0.766. The summed E-state index contributed by atoms with van der Waals surface area (Å²) in [6.07, 6.45) is 0.581. The Morgan fingerprint density at radius 1 is 1.50 bits per heavy atom. The summed E-state index contributed by atoms with van der Waals surface area (Å²) in [6.45, 7) is 0.209. The number of amides is 1. The summed E-state index contributed by atoms with van der Waals surface area (Å²) in [5, 5.41) is 0. The number of carbonyl (C=O) groups is 1. The van der Waals surface area contributed by atoms with Gasteiger partial charge in [0.25, 0.3) is 0 Å². The van der Waals surface area contributed by atoms with E-state index < -0.39 is 15.9 Å². The molecule has 0 fully saturated rings. The van der Waals surface area contributed by atoms with E-state index in [-0.39, 0.29) is 17.2 Å². The Labute approximate surface area is 106 Å². The molecule has 1 aromatic rings. The number of sulfonamides is 1. The van der Waals surface area contributed by atoms with E-state index in [0.717, 1.165) is 15.1 Å². The first-order valence-corrected chi connectivity index (χ1v) is 7.54. The maximum Gasteiger partial charge on any atom is 0.250 e. The van der Waals surface area contributed by atoms with Crippen LogP contribution in [0.2, 0.25) is 0 Å². The molecule has 1 heterocycles. The van der Waals surface area contributed by atoms with Crippen LogP contribution >= 0.6 is 27.3 Å². The molecule has 0 atom stereocenters. The van der Waals surface area contributed by atoms with Crippen molar-refractivity contribution in [3.8, 4) is 0 Å². The van der Waals surface area contributed by atoms with Gasteiger partial charge in [-0.15, -0.1) is 11.3 Å². The summed E-state index contributed by atoms with van der Waals surface area (Å²) < 4.78 is 26.7. The molecule has 5 nitrogen and oxygen atoms in total. The predicted molar refractivity (Wildman–Crippen MR) is 65.6 cm³/mol. The molecule has 0 aliphatic rings. The van der Waals surface area contributed by atoms with Gasteiger partial charge < -0.3 is 5.73 Å². The van der Waals surface area contributed by atoms with E-state index in [4.69, 9.17) is 5.73 Å². The van der Waals surface area contributed by atoms with Gasteiger partial charge in [0.1, 0.15) is 4.21 Å². The lowest BCUT2D eigenvalue weighted by Crippen LogP contribution is -2.25. The number of rotatable bonds is 6. The SMILES string of the molecule is NC(=O)CCCNS(=O)(=O)c1ccc(Br)s1. The average molecular weight is 327 g/mol. The van der Waals surface area contributed by atoms with Gasteiger partial charge in [-0.3, -0.25) is 4.79 Å². The van der Waals surface area contributed by atoms with Gasteiger partial charge in [0.15, 0.2) is 0 Å². The van der Waals surface area contributed by atoms with Gasteiger partial charge in [-0.25, -0.2) is 13.1 Å². The summed E-state index contributed by atoms with van der Waals surface area (Å²) in [5.41, 5.74) is 4.94. The number of nitrogens with two attached hydrogens (primary N) is 1. The molecule has 0 aliphatic carbocycles. The Balaban J connectivity index is 2.50. The van der Waals surface area contributed by atoms with Gasteiger partial charge in [-0.2, -0.15) is 0 Å². The van der Waals surface area contributed by atoms with E-state index >= 15 is 0 Å². The fourth-order valence-corrected chi connectivity index (χ4v) is 4.11. The third-order valence-corrected chi connectivity index (χ3v) is 5.28. The standard InChI is InChI=1S/C8H11BrN2O3S2/c9-6-3-4-8(15-6)16(13,14)11-5-1-2-7(10)12/h3-4,11H,1-2,5H2,(H2,10,12). The lowest BCUT2D eigenvalue weighted by atomic mass is 10.3. The normalized spacial score (nSPS) is 11.6. The van der Waals surface area contributed by atoms with E-state index in [1.54, 1.807) is 6.07 Å². The van der Waals surface area contributed by atoms with Crippen molar-refractivity contribution in [3.63, 3.8) is 0 Å². The van der Waals surface area contributed by atoms with Crippen molar-refractivity contribution in [2.24, 2.45) is 5.73 Å². The summed E-state index contributed by atoms with van der Waals surface area (Å²) in [6, 6.07) is 3.19. The van der Waals surface area contributed by atoms with Gasteiger partial charge in [-0.05, 0) is 34.5 Å². The molecule has 8 heteroatoms. The summed E-state index contributed by atoms with van der Waals surface area (Å²) >= 11 is 4.32. The average Bonchev–Trinajstić information content (AvgIpc) is 2.60. The highest BCUT2D eigenvalue weighted by molar-refractivity contribution is 9.11. The van der Waals surface area contributed by atoms with Crippen LogP contribution < -0.4 is 10.5 Å². The highest BCUT2D eigenvalue weighted by Crippen LogP contribution is 2.25. The monoisotopic (exact) mass is 326 g/mol. The van der Waals surface area contributed by atoms with Crippen LogP contribution in [0.25, 0.3) is 0 Å². The lowest BCUT2D eigenvalue weighted by Gasteiger charge is -2.03. The number of primary amides is 1. The molecule has 0 spiro atoms. The first-order chi connectivity index (χ1) is 7.42. The van der Waals surface area contributed by atoms with Crippen molar-refractivity contribution in [2.45, 2.75) is 17.1 Å². The van der Waals surface area contributed by atoms with Crippen molar-refractivity contribution in [3.05, 3.63) is 15.9 Å². The first kappa shape index (κ1) is 13.6. The Morgan fingerprint density at radius 2 is 2.19 bits per heavy atom. The lowest BCUT2D eigenvalue weighted by molar-refractivity contribution is -0.118. The number of thiophene rings is 1. The minimum absolute atomic E-state index is 0.177. The third-order valence-electron chi connectivity index (χ3n) is 1.71. The molecule has 1 aromatic heterocycles. The Hall–Kier alpha value is -0.440. The minimum atomic E-state index is -3.45. The predicted octanol–water partition coefficient (Wildman–Crippen LogP) is 1.05. The summed E-state index contributed by atoms with van der Waals surface area (Å²) in [5.74, 6) is -0.432. The van der Waals surface area contributed by atoms with Crippen LogP contribution in [0.1, 0.15) is 12.8 Å². The minimum Gasteiger partial charge on any atom is -0.370 e. The second-order valence-electron chi connectivity index (χ2n) is 3.03. The van der Waals surface area contributed by atoms with Gasteiger partial charge in [0.05, 0.1) is 3.79 Å². The van der Waals surface area contributed by atoms with Crippen molar-refractivity contribution in [1.29, 1.82) is 0 Å². The molecular weight excluding hydrogens is 316 g/mol. The van der Waals surface area contributed by atoms with Crippen LogP contribution in [-0.4, -0.2) is 20.9 Å². The van der Waals surface area contributed by atoms with Crippen LogP contribution in [0.4, 0.5) is 0 Å². The van der Waals surface area contributed by atoms with Gasteiger partial charge in [0, 0.05) is 13.0 Å². The largest absolute Gasteiger partial charge is 0.370 e. The number of nitrogens with one attached hydrogen (secondary N) is 1. The van der Waals surface area contributed by atoms with Gasteiger partial charge in [0.2, 0.25) is 15.9 Å². The number of halogens is 1. The molecule has 0 radical (unpaired) electrons. The van der Waals surface area contributed by atoms with Crippen LogP contribution in [0.3, 0.4) is 0 Å². The maximum absolute atomic E-state index is 11.7. The van der Waals surface area contributed by atoms with Crippen LogP contribution in [0.15, 0.2) is 20.1 Å². The molecule has 90 valence electrons. The molecule has 0 aromatic carbocycles. The topological polar surface area (TPSA) is 89.3 Å². The van der Waals surface area contributed by atoms with E-state index in [1.807, 2.05) is 0 Å². The molecule has 1 rings (SSSR count). The molecule has 0 unspecified atom stereocenters. The molecule has 0 bridgehead atoms. The van der Waals surface area contributed by atoms with Gasteiger partial charge >= 0.3 is 0 Å². The van der Waals surface area contributed by atoms with E-state index in [1.165, 1.54) is 6.07 Å². The number of hydrogen-bond donors (Lipinski definition) is 2. The molecule has 0 saturated carbocycles. The van der Waals surface area contributed by atoms with Crippen LogP contribution in [0, 0.1) is 0 Å². The zero-order valence-corrected chi connectivity index (χ0v) is 11.5. The Morgan fingerprint density at radius 3 is 2.69 bits per heavy atom. The van der Waals surface area contributed by atoms with Gasteiger partial charge in [-0.1, -0.05) is 0 Å². The fourth-order valence-electron chi connectivity index (χ4n) is 0.982. The third kappa shape index (κ3) is 4.20. The Kier molecular flexibility index (Phi) is 4.90. The van der Waals surface area contributed by atoms with E-state index in [2.05, 4.69) is 20.7 Å². The zero-order valence-electron chi connectivity index (χ0n) is 8.27. The molecule has 16 heavy (non-hydrogen) atoms. The van der Waals surface area contributed by atoms with Crippen molar-refractivity contribution >= 4 is 43.2 Å². The van der Waals surface area contributed by atoms with Crippen LogP contribution in [-0.2, 0) is 14.8 Å². The maximum atomic E-state index is 11.7. The molecule has 0 aliphatic heterocycles. The molecular formula is C8H11BrN2O3S2. The van der Waals surface area contributed by atoms with E-state index in [9.17, 15) is 13.2 Å². The van der Waals surface area contributed by atoms with E-state index in [0.29, 0.717) is 6.42 Å². The fraction of sp³-hybridized carbons (Fsp3) is 0.375. The van der Waals surface area contributed by atoms with Crippen LogP contribution in [0.5, 0.6) is 0 Å². The highest BCUT2D eigenvalue weighted by Gasteiger charge is 2.15.